The zero-order valence-electron chi connectivity index (χ0n) is 15.7. The SMILES string of the molecule is Cc1cccc(-c2[nH]ncc2C2=C/C=C/C3=C/C(CO)=C\CC=C=C3C=C2)n1. The van der Waals surface area contributed by atoms with Crippen molar-refractivity contribution < 1.29 is 5.11 Å². The van der Waals surface area contributed by atoms with Crippen molar-refractivity contribution in [3.8, 4) is 11.4 Å². The predicted octanol–water partition coefficient (Wildman–Crippen LogP) is 4.62. The summed E-state index contributed by atoms with van der Waals surface area (Å²) in [6.45, 7) is 2.01. The van der Waals surface area contributed by atoms with Crippen LogP contribution >= 0.6 is 0 Å². The molecule has 2 N–H and O–H groups in total. The summed E-state index contributed by atoms with van der Waals surface area (Å²) in [6, 6.07) is 5.96. The molecule has 0 bridgehead atoms. The van der Waals surface area contributed by atoms with Crippen molar-refractivity contribution in [1.29, 1.82) is 0 Å². The van der Waals surface area contributed by atoms with Gasteiger partial charge in [0.1, 0.15) is 0 Å². The molecule has 0 amide bonds. The van der Waals surface area contributed by atoms with E-state index in [2.05, 4.69) is 39.1 Å². The number of nitrogens with one attached hydrogen (secondary N) is 1. The van der Waals surface area contributed by atoms with Crippen LogP contribution in [-0.4, -0.2) is 26.9 Å². The average molecular weight is 367 g/mol. The summed E-state index contributed by atoms with van der Waals surface area (Å²) in [7, 11) is 0. The van der Waals surface area contributed by atoms with E-state index in [4.69, 9.17) is 0 Å². The van der Waals surface area contributed by atoms with Gasteiger partial charge in [-0.25, -0.2) is 0 Å². The van der Waals surface area contributed by atoms with Crippen LogP contribution in [0.15, 0.2) is 95.5 Å². The van der Waals surface area contributed by atoms with Crippen LogP contribution in [0.4, 0.5) is 0 Å². The van der Waals surface area contributed by atoms with Crippen LogP contribution in [0.2, 0.25) is 0 Å². The number of nitrogens with zero attached hydrogens (tertiary/aromatic N) is 2. The van der Waals surface area contributed by atoms with E-state index in [9.17, 15) is 5.11 Å². The molecule has 4 nitrogen and oxygen atoms in total. The number of allylic oxidation sites excluding steroid dienone is 9. The maximum Gasteiger partial charge on any atom is 0.0912 e. The van der Waals surface area contributed by atoms with Gasteiger partial charge in [0.05, 0.1) is 24.2 Å². The lowest BCUT2D eigenvalue weighted by Gasteiger charge is -2.10. The quantitative estimate of drug-likeness (QED) is 0.778. The average Bonchev–Trinajstić information content (AvgIpc) is 3.15. The molecule has 138 valence electrons. The van der Waals surface area contributed by atoms with Crippen LogP contribution in [0.5, 0.6) is 0 Å². The Hall–Kier alpha value is -3.46. The van der Waals surface area contributed by atoms with Gasteiger partial charge in [0, 0.05) is 16.8 Å². The fourth-order valence-electron chi connectivity index (χ4n) is 3.24. The second-order valence-corrected chi connectivity index (χ2v) is 6.67. The van der Waals surface area contributed by atoms with Crippen LogP contribution < -0.4 is 0 Å². The van der Waals surface area contributed by atoms with Crippen molar-refractivity contribution in [2.45, 2.75) is 13.3 Å². The molecule has 0 aliphatic heterocycles. The third-order valence-corrected chi connectivity index (χ3v) is 4.67. The van der Waals surface area contributed by atoms with Crippen molar-refractivity contribution in [3.63, 3.8) is 0 Å². The lowest BCUT2D eigenvalue weighted by atomic mass is 9.95. The first-order valence-electron chi connectivity index (χ1n) is 9.26. The molecular weight excluding hydrogens is 346 g/mol. The molecule has 2 heterocycles. The zero-order chi connectivity index (χ0) is 19.3. The normalized spacial score (nSPS) is 20.9. The maximum atomic E-state index is 9.52. The first-order chi connectivity index (χ1) is 13.7. The summed E-state index contributed by atoms with van der Waals surface area (Å²) in [5.74, 6) is 0. The minimum atomic E-state index is 0.0329. The lowest BCUT2D eigenvalue weighted by Crippen LogP contribution is -1.94. The number of aliphatic hydroxyl groups is 1. The standard InChI is InChI=1S/C24H21N3O/c1-17-6-4-11-23(26-17)24-22(15-25-27-24)20-9-5-10-21-14-18(16-28)7-2-3-8-19(21)12-13-20/h3-7,9-15,28H,2,16H2,1H3,(H,25,27)/b10-5+,13-12?,18-7+,20-9?,21-14-. The highest BCUT2D eigenvalue weighted by molar-refractivity contribution is 5.84. The van der Waals surface area contributed by atoms with Crippen molar-refractivity contribution in [2.75, 3.05) is 6.61 Å². The fraction of sp³-hybridized carbons (Fsp3) is 0.125. The number of aromatic amines is 1. The number of aromatic nitrogens is 3. The largest absolute Gasteiger partial charge is 0.392 e. The summed E-state index contributed by atoms with van der Waals surface area (Å²) in [5, 5.41) is 16.9. The summed E-state index contributed by atoms with van der Waals surface area (Å²) in [5.41, 5.74) is 11.0. The predicted molar refractivity (Wildman–Crippen MR) is 112 cm³/mol. The number of hydrogen-bond donors (Lipinski definition) is 2. The minimum absolute atomic E-state index is 0.0329. The van der Waals surface area contributed by atoms with Gasteiger partial charge < -0.3 is 5.11 Å². The van der Waals surface area contributed by atoms with E-state index in [1.165, 1.54) is 0 Å². The van der Waals surface area contributed by atoms with Gasteiger partial charge in [0.25, 0.3) is 0 Å². The third kappa shape index (κ3) is 3.79. The van der Waals surface area contributed by atoms with Crippen LogP contribution in [-0.2, 0) is 0 Å². The maximum absolute atomic E-state index is 9.52. The van der Waals surface area contributed by atoms with Gasteiger partial charge >= 0.3 is 0 Å². The van der Waals surface area contributed by atoms with Gasteiger partial charge in [0.15, 0.2) is 0 Å². The van der Waals surface area contributed by atoms with Gasteiger partial charge in [-0.1, -0.05) is 36.4 Å². The van der Waals surface area contributed by atoms with Gasteiger partial charge in [-0.05, 0) is 60.4 Å². The van der Waals surface area contributed by atoms with Gasteiger partial charge in [-0.2, -0.15) is 5.10 Å². The Labute approximate surface area is 164 Å². The van der Waals surface area contributed by atoms with E-state index in [0.29, 0.717) is 0 Å². The third-order valence-electron chi connectivity index (χ3n) is 4.67. The van der Waals surface area contributed by atoms with Crippen LogP contribution in [0.25, 0.3) is 17.0 Å². The number of hydrogen-bond acceptors (Lipinski definition) is 3. The molecule has 0 spiro atoms. The zero-order valence-corrected chi connectivity index (χ0v) is 15.7. The van der Waals surface area contributed by atoms with Crippen LogP contribution in [0.1, 0.15) is 17.7 Å². The monoisotopic (exact) mass is 367 g/mol. The van der Waals surface area contributed by atoms with Crippen molar-refractivity contribution in [2.24, 2.45) is 0 Å². The Morgan fingerprint density at radius 2 is 2.11 bits per heavy atom. The Bertz CT molecular complexity index is 1120. The lowest BCUT2D eigenvalue weighted by molar-refractivity contribution is 0.334. The molecule has 0 saturated carbocycles. The molecule has 0 atom stereocenters. The molecule has 0 aromatic carbocycles. The Balaban J connectivity index is 1.76. The summed E-state index contributed by atoms with van der Waals surface area (Å²) < 4.78 is 0. The number of rotatable bonds is 3. The second kappa shape index (κ2) is 8.05. The summed E-state index contributed by atoms with van der Waals surface area (Å²) in [4.78, 5) is 4.62. The fourth-order valence-corrected chi connectivity index (χ4v) is 3.24. The number of pyridine rings is 1. The summed E-state index contributed by atoms with van der Waals surface area (Å²) >= 11 is 0. The number of aryl methyl sites for hydroxylation is 1. The van der Waals surface area contributed by atoms with Crippen molar-refractivity contribution in [3.05, 3.63) is 107 Å². The summed E-state index contributed by atoms with van der Waals surface area (Å²) in [6.07, 6.45) is 18.8. The van der Waals surface area contributed by atoms with Gasteiger partial charge in [-0.15, -0.1) is 5.73 Å². The van der Waals surface area contributed by atoms with Crippen LogP contribution in [0, 0.1) is 6.92 Å². The molecule has 2 aliphatic carbocycles. The number of fused-ring (bicyclic) bond motifs is 1. The Kier molecular flexibility index (Phi) is 5.16. The van der Waals surface area contributed by atoms with Crippen molar-refractivity contribution in [1.82, 2.24) is 15.2 Å². The van der Waals surface area contributed by atoms with Gasteiger partial charge in [-0.3, -0.25) is 10.1 Å². The van der Waals surface area contributed by atoms with Crippen molar-refractivity contribution >= 4 is 5.57 Å². The Morgan fingerprint density at radius 1 is 1.18 bits per heavy atom. The number of H-pyrrole nitrogens is 1. The highest BCUT2D eigenvalue weighted by atomic mass is 16.3. The van der Waals surface area contributed by atoms with E-state index < -0.39 is 0 Å². The first-order valence-corrected chi connectivity index (χ1v) is 9.26. The molecular formula is C24H21N3O. The molecule has 0 radical (unpaired) electrons. The minimum Gasteiger partial charge on any atom is -0.392 e. The molecule has 0 saturated heterocycles. The van der Waals surface area contributed by atoms with Gasteiger partial charge in [0.2, 0.25) is 0 Å². The first kappa shape index (κ1) is 17.9. The van der Waals surface area contributed by atoms with E-state index in [0.717, 1.165) is 51.4 Å². The Morgan fingerprint density at radius 3 is 2.96 bits per heavy atom. The molecule has 0 unspecified atom stereocenters. The van der Waals surface area contributed by atoms with E-state index in [1.54, 1.807) is 0 Å². The molecule has 0 fully saturated rings. The molecule has 4 heteroatoms. The highest BCUT2D eigenvalue weighted by Gasteiger charge is 2.13. The molecule has 2 aliphatic rings. The molecule has 28 heavy (non-hydrogen) atoms. The highest BCUT2D eigenvalue weighted by Crippen LogP contribution is 2.29. The molecule has 2 aromatic rings. The topological polar surface area (TPSA) is 61.8 Å². The molecule has 2 aromatic heterocycles. The van der Waals surface area contributed by atoms with E-state index >= 15 is 0 Å². The molecule has 4 rings (SSSR count). The number of aliphatic hydroxyl groups excluding tert-OH is 1. The van der Waals surface area contributed by atoms with E-state index in [-0.39, 0.29) is 6.61 Å². The smallest absolute Gasteiger partial charge is 0.0912 e. The second-order valence-electron chi connectivity index (χ2n) is 6.67. The van der Waals surface area contributed by atoms with Crippen LogP contribution in [0.3, 0.4) is 0 Å². The van der Waals surface area contributed by atoms with E-state index in [1.807, 2.05) is 61.7 Å².